The van der Waals surface area contributed by atoms with Gasteiger partial charge in [-0.2, -0.15) is 5.26 Å². The number of benzene rings is 2. The summed E-state index contributed by atoms with van der Waals surface area (Å²) in [6.07, 6.45) is -0.0318. The fourth-order valence-electron chi connectivity index (χ4n) is 2.94. The van der Waals surface area contributed by atoms with E-state index in [-0.39, 0.29) is 34.4 Å². The van der Waals surface area contributed by atoms with Gasteiger partial charge in [-0.15, -0.1) is 0 Å². The van der Waals surface area contributed by atoms with Crippen molar-refractivity contribution in [2.24, 2.45) is 0 Å². The van der Waals surface area contributed by atoms with Crippen molar-refractivity contribution >= 4 is 35.0 Å². The molecule has 0 aromatic heterocycles. The topological polar surface area (TPSA) is 125 Å². The van der Waals surface area contributed by atoms with Gasteiger partial charge < -0.3 is 10.6 Å². The first kappa shape index (κ1) is 21.0. The second-order valence-electron chi connectivity index (χ2n) is 6.36. The number of hydrogen-bond acceptors (Lipinski definition) is 6. The first-order chi connectivity index (χ1) is 14.4. The Hall–Kier alpha value is -3.71. The number of nitro groups is 1. The van der Waals surface area contributed by atoms with Crippen molar-refractivity contribution in [1.29, 1.82) is 5.26 Å². The van der Waals surface area contributed by atoms with Crippen LogP contribution in [0, 0.1) is 27.3 Å². The van der Waals surface area contributed by atoms with Crippen LogP contribution >= 0.6 is 11.8 Å². The molecule has 8 nitrogen and oxygen atoms in total. The number of carbonyl (C=O) groups excluding carboxylic acids is 2. The van der Waals surface area contributed by atoms with Gasteiger partial charge in [0.15, 0.2) is 0 Å². The zero-order chi connectivity index (χ0) is 21.7. The lowest BCUT2D eigenvalue weighted by atomic mass is 9.87. The van der Waals surface area contributed by atoms with Crippen molar-refractivity contribution < 1.29 is 18.9 Å². The first-order valence-corrected chi connectivity index (χ1v) is 9.72. The summed E-state index contributed by atoms with van der Waals surface area (Å²) in [5.74, 6) is -1.93. The quantitative estimate of drug-likeness (QED) is 0.538. The predicted molar refractivity (Wildman–Crippen MR) is 109 cm³/mol. The number of nitrogens with one attached hydrogen (secondary N) is 2. The molecule has 10 heteroatoms. The van der Waals surface area contributed by atoms with E-state index in [1.54, 1.807) is 6.07 Å². The third-order valence-electron chi connectivity index (χ3n) is 4.31. The number of nitrogens with zero attached hydrogens (tertiary/aromatic N) is 2. The van der Waals surface area contributed by atoms with E-state index in [1.165, 1.54) is 42.5 Å². The number of amides is 2. The zero-order valence-electron chi connectivity index (χ0n) is 15.4. The minimum Gasteiger partial charge on any atom is -0.325 e. The molecule has 1 aliphatic heterocycles. The van der Waals surface area contributed by atoms with Crippen LogP contribution in [0.25, 0.3) is 0 Å². The summed E-state index contributed by atoms with van der Waals surface area (Å²) in [5.41, 5.74) is 0.987. The Morgan fingerprint density at radius 2 is 2.07 bits per heavy atom. The van der Waals surface area contributed by atoms with E-state index >= 15 is 0 Å². The molecule has 2 aromatic rings. The van der Waals surface area contributed by atoms with Gasteiger partial charge in [-0.25, -0.2) is 4.39 Å². The molecule has 2 amide bonds. The molecule has 1 aliphatic rings. The predicted octanol–water partition coefficient (Wildman–Crippen LogP) is 3.44. The van der Waals surface area contributed by atoms with Crippen LogP contribution in [0.4, 0.5) is 15.8 Å². The second kappa shape index (κ2) is 9.19. The maximum absolute atomic E-state index is 12.9. The van der Waals surface area contributed by atoms with Crippen LogP contribution in [0.1, 0.15) is 17.9 Å². The summed E-state index contributed by atoms with van der Waals surface area (Å²) in [5, 5.41) is 26.1. The Balaban J connectivity index is 1.78. The number of non-ortho nitro benzene ring substituents is 1. The molecule has 152 valence electrons. The molecular weight excluding hydrogens is 411 g/mol. The summed E-state index contributed by atoms with van der Waals surface area (Å²) >= 11 is 0.978. The van der Waals surface area contributed by atoms with Crippen molar-refractivity contribution in [1.82, 2.24) is 5.32 Å². The van der Waals surface area contributed by atoms with Gasteiger partial charge >= 0.3 is 0 Å². The van der Waals surface area contributed by atoms with Crippen molar-refractivity contribution in [3.05, 3.63) is 80.6 Å². The summed E-state index contributed by atoms with van der Waals surface area (Å²) in [4.78, 5) is 34.8. The largest absolute Gasteiger partial charge is 0.325 e. The highest BCUT2D eigenvalue weighted by Crippen LogP contribution is 2.36. The summed E-state index contributed by atoms with van der Waals surface area (Å²) in [6, 6.07) is 13.1. The number of anilines is 1. The number of nitro benzene ring substituents is 1. The van der Waals surface area contributed by atoms with Crippen molar-refractivity contribution in [3.63, 3.8) is 0 Å². The molecule has 0 aliphatic carbocycles. The molecule has 1 unspecified atom stereocenters. The van der Waals surface area contributed by atoms with Crippen LogP contribution in [0.15, 0.2) is 59.1 Å². The first-order valence-electron chi connectivity index (χ1n) is 8.74. The van der Waals surface area contributed by atoms with Gasteiger partial charge in [0, 0.05) is 30.2 Å². The van der Waals surface area contributed by atoms with Gasteiger partial charge in [-0.3, -0.25) is 19.7 Å². The fourth-order valence-corrected chi connectivity index (χ4v) is 3.82. The van der Waals surface area contributed by atoms with Crippen LogP contribution < -0.4 is 10.6 Å². The molecular formula is C20H15FN4O4S. The minimum atomic E-state index is -0.647. The van der Waals surface area contributed by atoms with E-state index in [0.29, 0.717) is 11.3 Å². The van der Waals surface area contributed by atoms with E-state index in [4.69, 9.17) is 0 Å². The molecule has 2 aromatic carbocycles. The lowest BCUT2D eigenvalue weighted by Gasteiger charge is -2.24. The number of carbonyl (C=O) groups is 2. The summed E-state index contributed by atoms with van der Waals surface area (Å²) in [6.45, 7) is 0. The highest BCUT2D eigenvalue weighted by Gasteiger charge is 2.30. The molecule has 0 saturated carbocycles. The molecule has 0 fully saturated rings. The van der Waals surface area contributed by atoms with E-state index in [1.807, 2.05) is 0 Å². The maximum atomic E-state index is 12.9. The molecule has 1 heterocycles. The average molecular weight is 426 g/mol. The van der Waals surface area contributed by atoms with Crippen LogP contribution in [-0.4, -0.2) is 22.5 Å². The molecule has 0 saturated heterocycles. The molecule has 0 spiro atoms. The van der Waals surface area contributed by atoms with Crippen LogP contribution in [0.2, 0.25) is 0 Å². The molecule has 1 atom stereocenters. The SMILES string of the molecule is N#CC1=C(SCC(=O)Nc2ccc(F)cc2)NC(=O)CC1c1cccc([N+](=O)[O-])c1. The molecule has 0 bridgehead atoms. The highest BCUT2D eigenvalue weighted by atomic mass is 32.2. The van der Waals surface area contributed by atoms with Gasteiger partial charge in [-0.05, 0) is 29.8 Å². The summed E-state index contributed by atoms with van der Waals surface area (Å²) < 4.78 is 12.9. The monoisotopic (exact) mass is 426 g/mol. The molecule has 30 heavy (non-hydrogen) atoms. The van der Waals surface area contributed by atoms with Gasteiger partial charge in [0.25, 0.3) is 5.69 Å². The third-order valence-corrected chi connectivity index (χ3v) is 5.33. The smallest absolute Gasteiger partial charge is 0.269 e. The van der Waals surface area contributed by atoms with Gasteiger partial charge in [0.2, 0.25) is 11.8 Å². The standard InChI is InChI=1S/C20H15FN4O4S/c21-13-4-6-14(7-5-13)23-19(27)11-30-20-17(10-22)16(9-18(26)24-20)12-2-1-3-15(8-12)25(28)29/h1-8,16H,9,11H2,(H,23,27)(H,24,26). The Bertz CT molecular complexity index is 1080. The third kappa shape index (κ3) is 5.01. The van der Waals surface area contributed by atoms with Crippen LogP contribution in [0.3, 0.4) is 0 Å². The van der Waals surface area contributed by atoms with E-state index in [9.17, 15) is 29.4 Å². The van der Waals surface area contributed by atoms with Gasteiger partial charge in [0.1, 0.15) is 5.82 Å². The Morgan fingerprint density at radius 3 is 2.73 bits per heavy atom. The Labute approximate surface area is 174 Å². The Morgan fingerprint density at radius 1 is 1.33 bits per heavy atom. The van der Waals surface area contributed by atoms with Crippen molar-refractivity contribution in [3.8, 4) is 6.07 Å². The minimum absolute atomic E-state index is 0.0318. The number of halogens is 1. The normalized spacial score (nSPS) is 15.9. The van der Waals surface area contributed by atoms with Crippen molar-refractivity contribution in [2.75, 3.05) is 11.1 Å². The lowest BCUT2D eigenvalue weighted by Crippen LogP contribution is -2.31. The lowest BCUT2D eigenvalue weighted by molar-refractivity contribution is -0.384. The van der Waals surface area contributed by atoms with Crippen LogP contribution in [0.5, 0.6) is 0 Å². The molecule has 0 radical (unpaired) electrons. The number of thioether (sulfide) groups is 1. The van der Waals surface area contributed by atoms with Gasteiger partial charge in [-0.1, -0.05) is 23.9 Å². The zero-order valence-corrected chi connectivity index (χ0v) is 16.2. The van der Waals surface area contributed by atoms with Crippen LogP contribution in [-0.2, 0) is 9.59 Å². The molecule has 3 rings (SSSR count). The van der Waals surface area contributed by atoms with E-state index in [2.05, 4.69) is 16.7 Å². The number of nitriles is 1. The fraction of sp³-hybridized carbons (Fsp3) is 0.150. The number of hydrogen-bond donors (Lipinski definition) is 2. The summed E-state index contributed by atoms with van der Waals surface area (Å²) in [7, 11) is 0. The maximum Gasteiger partial charge on any atom is 0.269 e. The molecule has 2 N–H and O–H groups in total. The highest BCUT2D eigenvalue weighted by molar-refractivity contribution is 8.03. The van der Waals surface area contributed by atoms with Crippen molar-refractivity contribution in [2.45, 2.75) is 12.3 Å². The Kier molecular flexibility index (Phi) is 6.44. The van der Waals surface area contributed by atoms with Gasteiger partial charge in [0.05, 0.1) is 27.3 Å². The number of rotatable bonds is 6. The number of allylic oxidation sites excluding steroid dienone is 1. The average Bonchev–Trinajstić information content (AvgIpc) is 2.73. The second-order valence-corrected chi connectivity index (χ2v) is 7.34. The van der Waals surface area contributed by atoms with E-state index in [0.717, 1.165) is 11.8 Å². The van der Waals surface area contributed by atoms with E-state index < -0.39 is 22.6 Å².